The highest BCUT2D eigenvalue weighted by molar-refractivity contribution is 7.91. The SMILES string of the molecule is Cc1ccc(NS(=O)(=O)Cc2ccc(Cl)cc2)c(=O)n1CC(=O)NCCON=C(N)N. The van der Waals surface area contributed by atoms with Gasteiger partial charge in [-0.05, 0) is 41.9 Å². The molecule has 0 spiro atoms. The maximum absolute atomic E-state index is 12.7. The Labute approximate surface area is 184 Å². The summed E-state index contributed by atoms with van der Waals surface area (Å²) in [6, 6.07) is 9.20. The number of sulfonamides is 1. The van der Waals surface area contributed by atoms with Crippen LogP contribution in [0.5, 0.6) is 0 Å². The summed E-state index contributed by atoms with van der Waals surface area (Å²) in [5.74, 6) is -1.06. The topological polar surface area (TPSA) is 171 Å². The van der Waals surface area contributed by atoms with Gasteiger partial charge in [-0.1, -0.05) is 23.7 Å². The Morgan fingerprint density at radius 3 is 2.52 bits per heavy atom. The maximum Gasteiger partial charge on any atom is 0.275 e. The number of aryl methyl sites for hydroxylation is 1. The molecule has 0 unspecified atom stereocenters. The summed E-state index contributed by atoms with van der Waals surface area (Å²) in [5, 5.41) is 6.33. The number of hydrogen-bond acceptors (Lipinski definition) is 6. The van der Waals surface area contributed by atoms with E-state index in [1.165, 1.54) is 12.1 Å². The number of hydrogen-bond donors (Lipinski definition) is 4. The van der Waals surface area contributed by atoms with Gasteiger partial charge in [0.2, 0.25) is 21.9 Å². The number of nitrogens with one attached hydrogen (secondary N) is 2. The van der Waals surface area contributed by atoms with Gasteiger partial charge in [-0.15, -0.1) is 0 Å². The molecule has 0 saturated carbocycles. The van der Waals surface area contributed by atoms with Gasteiger partial charge >= 0.3 is 0 Å². The second kappa shape index (κ2) is 10.7. The van der Waals surface area contributed by atoms with E-state index < -0.39 is 21.5 Å². The lowest BCUT2D eigenvalue weighted by molar-refractivity contribution is -0.122. The molecule has 0 aliphatic carbocycles. The number of carbonyl (C=O) groups is 1. The van der Waals surface area contributed by atoms with Gasteiger partial charge in [0, 0.05) is 10.7 Å². The van der Waals surface area contributed by atoms with E-state index >= 15 is 0 Å². The molecule has 0 saturated heterocycles. The average molecular weight is 471 g/mol. The Morgan fingerprint density at radius 1 is 1.19 bits per heavy atom. The molecule has 168 valence electrons. The third-order valence-corrected chi connectivity index (χ3v) is 5.41. The van der Waals surface area contributed by atoms with Crippen LogP contribution in [0.3, 0.4) is 0 Å². The summed E-state index contributed by atoms with van der Waals surface area (Å²) in [7, 11) is -3.87. The summed E-state index contributed by atoms with van der Waals surface area (Å²) in [6.07, 6.45) is 0. The molecule has 6 N–H and O–H groups in total. The molecular formula is C18H23ClN6O5S. The zero-order valence-corrected chi connectivity index (χ0v) is 18.2. The van der Waals surface area contributed by atoms with Gasteiger partial charge in [-0.25, -0.2) is 8.42 Å². The monoisotopic (exact) mass is 470 g/mol. The molecule has 0 radical (unpaired) electrons. The van der Waals surface area contributed by atoms with Crippen molar-refractivity contribution in [3.63, 3.8) is 0 Å². The molecule has 1 aromatic heterocycles. The van der Waals surface area contributed by atoms with Gasteiger partial charge in [0.15, 0.2) is 0 Å². The molecule has 0 aliphatic rings. The van der Waals surface area contributed by atoms with Crippen molar-refractivity contribution in [2.24, 2.45) is 16.6 Å². The first-order valence-electron chi connectivity index (χ1n) is 9.00. The maximum atomic E-state index is 12.7. The van der Waals surface area contributed by atoms with Crippen molar-refractivity contribution in [3.05, 3.63) is 63.0 Å². The van der Waals surface area contributed by atoms with Crippen molar-refractivity contribution in [2.75, 3.05) is 17.9 Å². The largest absolute Gasteiger partial charge is 0.391 e. The van der Waals surface area contributed by atoms with E-state index in [2.05, 4.69) is 15.2 Å². The Hall–Kier alpha value is -3.25. The summed E-state index contributed by atoms with van der Waals surface area (Å²) in [6.45, 7) is 1.46. The van der Waals surface area contributed by atoms with Gasteiger partial charge in [0.05, 0.1) is 12.3 Å². The number of nitrogens with zero attached hydrogens (tertiary/aromatic N) is 2. The summed E-state index contributed by atoms with van der Waals surface area (Å²) < 4.78 is 28.4. The Morgan fingerprint density at radius 2 is 1.87 bits per heavy atom. The quantitative estimate of drug-likeness (QED) is 0.165. The lowest BCUT2D eigenvalue weighted by atomic mass is 10.2. The zero-order chi connectivity index (χ0) is 23.0. The molecule has 11 nitrogen and oxygen atoms in total. The van der Waals surface area contributed by atoms with Crippen LogP contribution >= 0.6 is 11.6 Å². The highest BCUT2D eigenvalue weighted by Gasteiger charge is 2.16. The van der Waals surface area contributed by atoms with Crippen molar-refractivity contribution in [1.82, 2.24) is 9.88 Å². The second-order valence-corrected chi connectivity index (χ2v) is 8.63. The number of pyridine rings is 1. The number of aromatic nitrogens is 1. The number of nitrogens with two attached hydrogens (primary N) is 2. The predicted octanol–water partition coefficient (Wildman–Crippen LogP) is 0.0732. The fourth-order valence-corrected chi connectivity index (χ4v) is 3.82. The summed E-state index contributed by atoms with van der Waals surface area (Å²) >= 11 is 5.80. The van der Waals surface area contributed by atoms with Crippen molar-refractivity contribution in [2.45, 2.75) is 19.2 Å². The van der Waals surface area contributed by atoms with Crippen LogP contribution in [0.15, 0.2) is 46.3 Å². The van der Waals surface area contributed by atoms with Crippen molar-refractivity contribution in [1.29, 1.82) is 0 Å². The molecule has 1 amide bonds. The van der Waals surface area contributed by atoms with E-state index in [1.807, 2.05) is 0 Å². The molecule has 13 heteroatoms. The molecular weight excluding hydrogens is 448 g/mol. The molecule has 1 aromatic carbocycles. The van der Waals surface area contributed by atoms with Crippen molar-refractivity contribution >= 4 is 39.2 Å². The number of anilines is 1. The molecule has 0 bridgehead atoms. The van der Waals surface area contributed by atoms with Crippen LogP contribution in [-0.2, 0) is 32.0 Å². The van der Waals surface area contributed by atoms with Gasteiger partial charge < -0.3 is 26.2 Å². The van der Waals surface area contributed by atoms with E-state index in [-0.39, 0.29) is 37.1 Å². The lowest BCUT2D eigenvalue weighted by Crippen LogP contribution is -2.36. The van der Waals surface area contributed by atoms with Crippen molar-refractivity contribution in [3.8, 4) is 0 Å². The Bertz CT molecular complexity index is 1110. The molecule has 0 aliphatic heterocycles. The van der Waals surface area contributed by atoms with Crippen LogP contribution < -0.4 is 27.1 Å². The van der Waals surface area contributed by atoms with E-state index in [0.717, 1.165) is 4.57 Å². The van der Waals surface area contributed by atoms with Crippen molar-refractivity contribution < 1.29 is 18.0 Å². The standard InChI is InChI=1S/C18H23ClN6O5S/c1-12-2-7-15(24-31(28,29)11-13-3-5-14(19)6-4-13)17(27)25(12)10-16(26)22-8-9-30-23-18(20)21/h2-7,24H,8-11H2,1H3,(H,22,26)(H4,20,21,23). The highest BCUT2D eigenvalue weighted by atomic mass is 35.5. The van der Waals surface area contributed by atoms with E-state index in [1.54, 1.807) is 31.2 Å². The molecule has 2 aromatic rings. The first-order valence-corrected chi connectivity index (χ1v) is 11.0. The second-order valence-electron chi connectivity index (χ2n) is 6.47. The zero-order valence-electron chi connectivity index (χ0n) is 16.7. The molecule has 31 heavy (non-hydrogen) atoms. The van der Waals surface area contributed by atoms with Crippen LogP contribution in [0.25, 0.3) is 0 Å². The molecule has 1 heterocycles. The van der Waals surface area contributed by atoms with E-state index in [9.17, 15) is 18.0 Å². The molecule has 0 atom stereocenters. The van der Waals surface area contributed by atoms with Gasteiger partial charge in [0.1, 0.15) is 18.8 Å². The first-order chi connectivity index (χ1) is 14.6. The number of rotatable bonds is 10. The first kappa shape index (κ1) is 24.0. The van der Waals surface area contributed by atoms with Crippen LogP contribution in [0.2, 0.25) is 5.02 Å². The Kier molecular flexibility index (Phi) is 8.28. The average Bonchev–Trinajstić information content (AvgIpc) is 2.68. The fourth-order valence-electron chi connectivity index (χ4n) is 2.50. The lowest BCUT2D eigenvalue weighted by Gasteiger charge is -2.13. The minimum atomic E-state index is -3.87. The van der Waals surface area contributed by atoms with Gasteiger partial charge in [-0.3, -0.25) is 14.3 Å². The summed E-state index contributed by atoms with van der Waals surface area (Å²) in [4.78, 5) is 29.6. The van der Waals surface area contributed by atoms with Crippen LogP contribution in [0, 0.1) is 6.92 Å². The van der Waals surface area contributed by atoms with Gasteiger partial charge in [-0.2, -0.15) is 0 Å². The number of amides is 1. The van der Waals surface area contributed by atoms with Crippen LogP contribution in [-0.4, -0.2) is 38.0 Å². The minimum absolute atomic E-state index is 0.0298. The Balaban J connectivity index is 2.05. The smallest absolute Gasteiger partial charge is 0.275 e. The molecule has 0 fully saturated rings. The number of guanidine groups is 1. The predicted molar refractivity (Wildman–Crippen MR) is 118 cm³/mol. The van der Waals surface area contributed by atoms with E-state index in [4.69, 9.17) is 27.9 Å². The van der Waals surface area contributed by atoms with E-state index in [0.29, 0.717) is 16.3 Å². The number of benzene rings is 1. The number of halogens is 1. The third-order valence-electron chi connectivity index (χ3n) is 3.92. The summed E-state index contributed by atoms with van der Waals surface area (Å²) in [5.41, 5.74) is 10.4. The number of carbonyl (C=O) groups excluding carboxylic acids is 1. The highest BCUT2D eigenvalue weighted by Crippen LogP contribution is 2.14. The minimum Gasteiger partial charge on any atom is -0.391 e. The molecule has 2 rings (SSSR count). The van der Waals surface area contributed by atoms with Crippen LogP contribution in [0.4, 0.5) is 5.69 Å². The number of oxime groups is 1. The fraction of sp³-hybridized carbons (Fsp3) is 0.278. The third kappa shape index (κ3) is 7.83. The van der Waals surface area contributed by atoms with Gasteiger partial charge in [0.25, 0.3) is 5.56 Å². The van der Waals surface area contributed by atoms with Crippen LogP contribution in [0.1, 0.15) is 11.3 Å². The normalized spacial score (nSPS) is 10.9.